The predicted molar refractivity (Wildman–Crippen MR) is 121 cm³/mol. The zero-order valence-corrected chi connectivity index (χ0v) is 18.3. The number of hydrogen-bond donors (Lipinski definition) is 1. The molecule has 3 aromatic rings. The van der Waals surface area contributed by atoms with Crippen LogP contribution in [0.25, 0.3) is 0 Å². The molecular formula is C25H29N3O3. The summed E-state index contributed by atoms with van der Waals surface area (Å²) < 4.78 is 7.19. The van der Waals surface area contributed by atoms with E-state index in [-0.39, 0.29) is 22.9 Å². The maximum absolute atomic E-state index is 13.1. The fourth-order valence-electron chi connectivity index (χ4n) is 3.72. The lowest BCUT2D eigenvalue weighted by molar-refractivity contribution is 0.0902. The molecule has 31 heavy (non-hydrogen) atoms. The largest absolute Gasteiger partial charge is 0.383 e. The van der Waals surface area contributed by atoms with Gasteiger partial charge in [0.2, 0.25) is 0 Å². The van der Waals surface area contributed by atoms with Crippen molar-refractivity contribution in [3.63, 3.8) is 0 Å². The van der Waals surface area contributed by atoms with E-state index in [1.165, 1.54) is 0 Å². The van der Waals surface area contributed by atoms with Gasteiger partial charge in [0.25, 0.3) is 5.91 Å². The number of nitrogens with zero attached hydrogens (tertiary/aromatic N) is 2. The molecule has 0 spiro atoms. The zero-order chi connectivity index (χ0) is 22.2. The van der Waals surface area contributed by atoms with Gasteiger partial charge in [-0.25, -0.2) is 0 Å². The Labute approximate surface area is 182 Å². The lowest BCUT2D eigenvalue weighted by Crippen LogP contribution is -2.39. The average molecular weight is 420 g/mol. The number of rotatable bonds is 9. The van der Waals surface area contributed by atoms with Crippen LogP contribution < -0.4 is 10.7 Å². The van der Waals surface area contributed by atoms with Gasteiger partial charge in [-0.05, 0) is 49.9 Å². The van der Waals surface area contributed by atoms with Crippen LogP contribution in [0.5, 0.6) is 0 Å². The molecule has 0 saturated carbocycles. The molecule has 0 fully saturated rings. The first-order valence-corrected chi connectivity index (χ1v) is 10.5. The molecule has 2 aromatic heterocycles. The lowest BCUT2D eigenvalue weighted by atomic mass is 10.0. The number of benzene rings is 1. The van der Waals surface area contributed by atoms with Crippen LogP contribution in [-0.2, 0) is 24.1 Å². The van der Waals surface area contributed by atoms with Crippen LogP contribution in [0.1, 0.15) is 39.8 Å². The maximum atomic E-state index is 13.1. The number of amides is 1. The van der Waals surface area contributed by atoms with Crippen molar-refractivity contribution in [2.75, 3.05) is 13.7 Å². The quantitative estimate of drug-likeness (QED) is 0.578. The van der Waals surface area contributed by atoms with Crippen LogP contribution in [0.2, 0.25) is 0 Å². The summed E-state index contributed by atoms with van der Waals surface area (Å²) in [6.07, 6.45) is 4.80. The molecule has 0 radical (unpaired) electrons. The second-order valence-corrected chi connectivity index (χ2v) is 7.73. The van der Waals surface area contributed by atoms with Crippen LogP contribution in [0.4, 0.5) is 0 Å². The Morgan fingerprint density at radius 2 is 1.81 bits per heavy atom. The Hall–Kier alpha value is -3.25. The van der Waals surface area contributed by atoms with E-state index in [1.807, 2.05) is 44.2 Å². The van der Waals surface area contributed by atoms with E-state index in [0.717, 1.165) is 28.9 Å². The third-order valence-electron chi connectivity index (χ3n) is 5.23. The van der Waals surface area contributed by atoms with Crippen molar-refractivity contribution < 1.29 is 9.53 Å². The van der Waals surface area contributed by atoms with E-state index in [1.54, 1.807) is 25.6 Å². The van der Waals surface area contributed by atoms with E-state index >= 15 is 0 Å². The number of aromatic nitrogens is 2. The number of carbonyl (C=O) groups is 1. The molecule has 0 saturated heterocycles. The van der Waals surface area contributed by atoms with Crippen molar-refractivity contribution in [3.05, 3.63) is 99.2 Å². The van der Waals surface area contributed by atoms with E-state index in [0.29, 0.717) is 19.6 Å². The summed E-state index contributed by atoms with van der Waals surface area (Å²) in [5.74, 6) is -0.360. The number of ether oxygens (including phenoxy) is 1. The molecular weight excluding hydrogens is 390 g/mol. The molecule has 3 rings (SSSR count). The van der Waals surface area contributed by atoms with Crippen molar-refractivity contribution >= 4 is 5.91 Å². The SMILES string of the molecule is COC[C@H](C)NC(=O)c1c(CCc2ccccc2)n(Cc2ccncc2)c(C)cc1=O. The maximum Gasteiger partial charge on any atom is 0.257 e. The van der Waals surface area contributed by atoms with Gasteiger partial charge in [-0.3, -0.25) is 14.6 Å². The fourth-order valence-corrected chi connectivity index (χ4v) is 3.72. The number of aryl methyl sites for hydroxylation is 2. The Kier molecular flexibility index (Phi) is 7.73. The molecule has 0 bridgehead atoms. The minimum Gasteiger partial charge on any atom is -0.383 e. The average Bonchev–Trinajstić information content (AvgIpc) is 2.75. The summed E-state index contributed by atoms with van der Waals surface area (Å²) in [6, 6.07) is 15.3. The summed E-state index contributed by atoms with van der Waals surface area (Å²) in [6.45, 7) is 4.70. The zero-order valence-electron chi connectivity index (χ0n) is 18.3. The first-order valence-electron chi connectivity index (χ1n) is 10.5. The van der Waals surface area contributed by atoms with Gasteiger partial charge in [0.05, 0.1) is 6.61 Å². The Balaban J connectivity index is 2.03. The van der Waals surface area contributed by atoms with Crippen LogP contribution in [0.3, 0.4) is 0 Å². The Morgan fingerprint density at radius 3 is 2.48 bits per heavy atom. The van der Waals surface area contributed by atoms with Gasteiger partial charge in [-0.15, -0.1) is 0 Å². The van der Waals surface area contributed by atoms with E-state index in [2.05, 4.69) is 27.0 Å². The van der Waals surface area contributed by atoms with E-state index in [9.17, 15) is 9.59 Å². The van der Waals surface area contributed by atoms with Crippen LogP contribution in [0.15, 0.2) is 65.7 Å². The molecule has 162 valence electrons. The topological polar surface area (TPSA) is 73.2 Å². The number of nitrogens with one attached hydrogen (secondary N) is 1. The predicted octanol–water partition coefficient (Wildman–Crippen LogP) is 3.15. The van der Waals surface area contributed by atoms with Gasteiger partial charge in [0, 0.05) is 49.5 Å². The summed E-state index contributed by atoms with van der Waals surface area (Å²) in [5.41, 5.74) is 3.74. The number of hydrogen-bond acceptors (Lipinski definition) is 4. The monoisotopic (exact) mass is 419 g/mol. The standard InChI is InChI=1S/C25H29N3O3/c1-18(17-31-3)27-25(30)24-22(10-9-20-7-5-4-6-8-20)28(19(2)15-23(24)29)16-21-11-13-26-14-12-21/h4-8,11-15,18H,9-10,16-17H2,1-3H3,(H,27,30)/t18-/m0/s1. The second-order valence-electron chi connectivity index (χ2n) is 7.73. The van der Waals surface area contributed by atoms with Gasteiger partial charge in [-0.2, -0.15) is 0 Å². The number of pyridine rings is 2. The van der Waals surface area contributed by atoms with E-state index in [4.69, 9.17) is 4.74 Å². The molecule has 1 aromatic carbocycles. The van der Waals surface area contributed by atoms with Crippen molar-refractivity contribution in [2.24, 2.45) is 0 Å². The summed E-state index contributed by atoms with van der Waals surface area (Å²) in [7, 11) is 1.58. The summed E-state index contributed by atoms with van der Waals surface area (Å²) in [5, 5.41) is 2.90. The van der Waals surface area contributed by atoms with Crippen molar-refractivity contribution in [3.8, 4) is 0 Å². The molecule has 0 aliphatic heterocycles. The van der Waals surface area contributed by atoms with Crippen LogP contribution >= 0.6 is 0 Å². The van der Waals surface area contributed by atoms with Gasteiger partial charge >= 0.3 is 0 Å². The molecule has 1 atom stereocenters. The molecule has 1 amide bonds. The minimum atomic E-state index is -0.360. The third kappa shape index (κ3) is 5.89. The van der Waals surface area contributed by atoms with E-state index < -0.39 is 0 Å². The highest BCUT2D eigenvalue weighted by atomic mass is 16.5. The van der Waals surface area contributed by atoms with Crippen LogP contribution in [-0.4, -0.2) is 35.2 Å². The molecule has 0 unspecified atom stereocenters. The highest BCUT2D eigenvalue weighted by Crippen LogP contribution is 2.16. The highest BCUT2D eigenvalue weighted by Gasteiger charge is 2.21. The summed E-state index contributed by atoms with van der Waals surface area (Å²) in [4.78, 5) is 30.1. The molecule has 0 aliphatic rings. The molecule has 0 aliphatic carbocycles. The number of carbonyl (C=O) groups excluding carboxylic acids is 1. The highest BCUT2D eigenvalue weighted by molar-refractivity contribution is 5.95. The first-order chi connectivity index (χ1) is 15.0. The second kappa shape index (κ2) is 10.7. The van der Waals surface area contributed by atoms with Crippen LogP contribution in [0, 0.1) is 6.92 Å². The first kappa shape index (κ1) is 22.4. The normalized spacial score (nSPS) is 11.8. The van der Waals surface area contributed by atoms with Gasteiger partial charge < -0.3 is 14.6 Å². The summed E-state index contributed by atoms with van der Waals surface area (Å²) >= 11 is 0. The van der Waals surface area contributed by atoms with Crippen molar-refractivity contribution in [2.45, 2.75) is 39.3 Å². The lowest BCUT2D eigenvalue weighted by Gasteiger charge is -2.21. The molecule has 6 heteroatoms. The van der Waals surface area contributed by atoms with Gasteiger partial charge in [0.1, 0.15) is 5.56 Å². The third-order valence-corrected chi connectivity index (χ3v) is 5.23. The smallest absolute Gasteiger partial charge is 0.257 e. The Morgan fingerprint density at radius 1 is 1.10 bits per heavy atom. The van der Waals surface area contributed by atoms with Crippen molar-refractivity contribution in [1.82, 2.24) is 14.9 Å². The fraction of sp³-hybridized carbons (Fsp3) is 0.320. The molecule has 2 heterocycles. The minimum absolute atomic E-state index is 0.200. The molecule has 6 nitrogen and oxygen atoms in total. The van der Waals surface area contributed by atoms with Gasteiger partial charge in [0.15, 0.2) is 5.43 Å². The Bertz CT molecular complexity index is 1060. The van der Waals surface area contributed by atoms with Gasteiger partial charge in [-0.1, -0.05) is 30.3 Å². The van der Waals surface area contributed by atoms with Crippen molar-refractivity contribution in [1.29, 1.82) is 0 Å². The molecule has 1 N–H and O–H groups in total. The number of methoxy groups -OCH3 is 1.